The molecule has 5 nitrogen and oxygen atoms in total. The Kier molecular flexibility index (Phi) is 5.87. The molecule has 0 bridgehead atoms. The van der Waals surface area contributed by atoms with Gasteiger partial charge in [-0.2, -0.15) is 35.8 Å². The Bertz CT molecular complexity index is 778. The predicted molar refractivity (Wildman–Crippen MR) is 97.0 cm³/mol. The Labute approximate surface area is 161 Å². The van der Waals surface area contributed by atoms with E-state index in [2.05, 4.69) is 33.2 Å². The molecule has 10 heteroatoms. The molecule has 2 fully saturated rings. The van der Waals surface area contributed by atoms with Crippen molar-refractivity contribution in [1.29, 1.82) is 0 Å². The summed E-state index contributed by atoms with van der Waals surface area (Å²) in [7, 11) is 0. The summed E-state index contributed by atoms with van der Waals surface area (Å²) in [6.07, 6.45) is -3.32. The van der Waals surface area contributed by atoms with E-state index in [1.807, 2.05) is 10.3 Å². The molecule has 0 aliphatic carbocycles. The van der Waals surface area contributed by atoms with Crippen LogP contribution in [0.15, 0.2) is 33.7 Å². The standard InChI is InChI=1S/C15H16N2OS2.C2HF3O2/c18-15-7-14-13(17(15)12-3-6-20-10-12)1-4-16(14)8-11-2-5-19-9-11;3-2(4,5)1(6)7/h2-3,5-6,9-10,13-14H,1,4,7-8H2;(H,6,7)/t13-,14+;/m0./s1. The maximum Gasteiger partial charge on any atom is 0.490 e. The first-order valence-electron chi connectivity index (χ1n) is 8.17. The topological polar surface area (TPSA) is 60.9 Å². The molecule has 1 amide bonds. The number of carboxylic acid groups (broad SMARTS) is 1. The number of carboxylic acids is 1. The largest absolute Gasteiger partial charge is 0.490 e. The monoisotopic (exact) mass is 418 g/mol. The van der Waals surface area contributed by atoms with Crippen molar-refractivity contribution in [1.82, 2.24) is 4.90 Å². The van der Waals surface area contributed by atoms with Crippen LogP contribution in [-0.2, 0) is 16.1 Å². The molecule has 0 radical (unpaired) electrons. The van der Waals surface area contributed by atoms with Crippen molar-refractivity contribution >= 4 is 40.2 Å². The van der Waals surface area contributed by atoms with E-state index in [1.165, 1.54) is 5.56 Å². The fraction of sp³-hybridized carbons (Fsp3) is 0.412. The summed E-state index contributed by atoms with van der Waals surface area (Å²) in [5, 5.41) is 15.6. The fourth-order valence-corrected chi connectivity index (χ4v) is 4.76. The summed E-state index contributed by atoms with van der Waals surface area (Å²) >= 11 is 3.41. The summed E-state index contributed by atoms with van der Waals surface area (Å²) in [6, 6.07) is 5.01. The minimum absolute atomic E-state index is 0.286. The molecular formula is C17H17F3N2O3S2. The van der Waals surface area contributed by atoms with Crippen LogP contribution in [0.25, 0.3) is 0 Å². The Morgan fingerprint density at radius 2 is 1.85 bits per heavy atom. The average molecular weight is 418 g/mol. The second kappa shape index (κ2) is 7.99. The summed E-state index contributed by atoms with van der Waals surface area (Å²) in [4.78, 5) is 25.8. The van der Waals surface area contributed by atoms with E-state index >= 15 is 0 Å². The van der Waals surface area contributed by atoms with Crippen molar-refractivity contribution in [3.05, 3.63) is 39.2 Å². The van der Waals surface area contributed by atoms with E-state index in [9.17, 15) is 18.0 Å². The third kappa shape index (κ3) is 4.50. The minimum Gasteiger partial charge on any atom is -0.475 e. The smallest absolute Gasteiger partial charge is 0.475 e. The molecule has 2 saturated heterocycles. The number of aliphatic carboxylic acids is 1. The van der Waals surface area contributed by atoms with Crippen LogP contribution in [-0.4, -0.2) is 46.7 Å². The number of carbonyl (C=O) groups excluding carboxylic acids is 1. The Morgan fingerprint density at radius 1 is 1.19 bits per heavy atom. The van der Waals surface area contributed by atoms with Crippen molar-refractivity contribution in [2.45, 2.75) is 37.6 Å². The molecule has 4 rings (SSSR count). The molecule has 2 aliphatic heterocycles. The molecular weight excluding hydrogens is 401 g/mol. The number of carbonyl (C=O) groups is 2. The molecule has 0 aromatic carbocycles. The van der Waals surface area contributed by atoms with Gasteiger partial charge in [-0.05, 0) is 40.3 Å². The van der Waals surface area contributed by atoms with Crippen molar-refractivity contribution in [2.24, 2.45) is 0 Å². The van der Waals surface area contributed by atoms with E-state index < -0.39 is 12.1 Å². The van der Waals surface area contributed by atoms with Crippen LogP contribution in [0.1, 0.15) is 18.4 Å². The summed E-state index contributed by atoms with van der Waals surface area (Å²) in [5.74, 6) is -2.47. The molecule has 4 heterocycles. The van der Waals surface area contributed by atoms with E-state index in [0.29, 0.717) is 18.5 Å². The number of anilines is 1. The van der Waals surface area contributed by atoms with Crippen molar-refractivity contribution in [3.63, 3.8) is 0 Å². The molecule has 2 aromatic rings. The molecule has 2 aromatic heterocycles. The van der Waals surface area contributed by atoms with Gasteiger partial charge in [0.2, 0.25) is 5.91 Å². The van der Waals surface area contributed by atoms with E-state index in [-0.39, 0.29) is 5.91 Å². The molecule has 2 atom stereocenters. The molecule has 2 aliphatic rings. The molecule has 1 N–H and O–H groups in total. The number of nitrogens with zero attached hydrogens (tertiary/aromatic N) is 2. The first-order chi connectivity index (χ1) is 12.8. The van der Waals surface area contributed by atoms with Gasteiger partial charge in [0.25, 0.3) is 0 Å². The molecule has 0 saturated carbocycles. The van der Waals surface area contributed by atoms with Crippen molar-refractivity contribution in [3.8, 4) is 0 Å². The van der Waals surface area contributed by atoms with Crippen LogP contribution in [0.3, 0.4) is 0 Å². The number of hydrogen-bond acceptors (Lipinski definition) is 5. The molecule has 146 valence electrons. The van der Waals surface area contributed by atoms with Crippen LogP contribution in [0.4, 0.5) is 18.9 Å². The van der Waals surface area contributed by atoms with Crippen molar-refractivity contribution in [2.75, 3.05) is 11.4 Å². The lowest BCUT2D eigenvalue weighted by molar-refractivity contribution is -0.192. The van der Waals surface area contributed by atoms with Crippen LogP contribution < -0.4 is 4.90 Å². The van der Waals surface area contributed by atoms with Crippen LogP contribution >= 0.6 is 22.7 Å². The number of thiophene rings is 2. The van der Waals surface area contributed by atoms with Gasteiger partial charge in [-0.1, -0.05) is 0 Å². The van der Waals surface area contributed by atoms with E-state index in [0.717, 1.165) is 25.2 Å². The van der Waals surface area contributed by atoms with Gasteiger partial charge in [-0.3, -0.25) is 9.69 Å². The normalized spacial score (nSPS) is 22.5. The molecule has 0 spiro atoms. The first kappa shape index (κ1) is 19.8. The van der Waals surface area contributed by atoms with E-state index in [1.54, 1.807) is 22.7 Å². The zero-order chi connectivity index (χ0) is 19.6. The highest BCUT2D eigenvalue weighted by atomic mass is 32.1. The quantitative estimate of drug-likeness (QED) is 0.823. The summed E-state index contributed by atoms with van der Waals surface area (Å²) in [6.45, 7) is 2.08. The van der Waals surface area contributed by atoms with Gasteiger partial charge in [0, 0.05) is 30.9 Å². The maximum absolute atomic E-state index is 12.3. The lowest BCUT2D eigenvalue weighted by atomic mass is 10.1. The van der Waals surface area contributed by atoms with Gasteiger partial charge in [-0.25, -0.2) is 4.79 Å². The number of likely N-dealkylation sites (tertiary alicyclic amines) is 1. The lowest BCUT2D eigenvalue weighted by Gasteiger charge is -2.24. The minimum atomic E-state index is -5.08. The van der Waals surface area contributed by atoms with E-state index in [4.69, 9.17) is 9.90 Å². The number of hydrogen-bond donors (Lipinski definition) is 1. The third-order valence-electron chi connectivity index (χ3n) is 4.60. The zero-order valence-electron chi connectivity index (χ0n) is 14.1. The summed E-state index contributed by atoms with van der Waals surface area (Å²) in [5.41, 5.74) is 2.46. The van der Waals surface area contributed by atoms with Gasteiger partial charge in [0.05, 0.1) is 11.7 Å². The highest BCUT2D eigenvalue weighted by molar-refractivity contribution is 7.08. The second-order valence-electron chi connectivity index (χ2n) is 6.28. The Morgan fingerprint density at radius 3 is 2.41 bits per heavy atom. The first-order valence-corrected chi connectivity index (χ1v) is 10.1. The maximum atomic E-state index is 12.3. The Hall–Kier alpha value is -1.91. The number of amides is 1. The van der Waals surface area contributed by atoms with Gasteiger partial charge >= 0.3 is 12.1 Å². The zero-order valence-corrected chi connectivity index (χ0v) is 15.7. The lowest BCUT2D eigenvalue weighted by Crippen LogP contribution is -2.36. The predicted octanol–water partition coefficient (Wildman–Crippen LogP) is 3.82. The number of halogens is 3. The number of alkyl halides is 3. The number of rotatable bonds is 3. The molecule has 0 unspecified atom stereocenters. The summed E-state index contributed by atoms with van der Waals surface area (Å²) < 4.78 is 31.7. The highest BCUT2D eigenvalue weighted by Gasteiger charge is 2.47. The highest BCUT2D eigenvalue weighted by Crippen LogP contribution is 2.37. The number of fused-ring (bicyclic) bond motifs is 1. The van der Waals surface area contributed by atoms with Crippen LogP contribution in [0, 0.1) is 0 Å². The van der Waals surface area contributed by atoms with Gasteiger partial charge < -0.3 is 10.0 Å². The van der Waals surface area contributed by atoms with Crippen molar-refractivity contribution < 1.29 is 27.9 Å². The van der Waals surface area contributed by atoms with Gasteiger partial charge in [0.1, 0.15) is 0 Å². The third-order valence-corrected chi connectivity index (χ3v) is 6.00. The van der Waals surface area contributed by atoms with Crippen LogP contribution in [0.5, 0.6) is 0 Å². The average Bonchev–Trinajstić information content (AvgIpc) is 3.34. The fourth-order valence-electron chi connectivity index (χ4n) is 3.47. The second-order valence-corrected chi connectivity index (χ2v) is 7.84. The van der Waals surface area contributed by atoms with Gasteiger partial charge in [-0.15, -0.1) is 0 Å². The van der Waals surface area contributed by atoms with Gasteiger partial charge in [0.15, 0.2) is 0 Å². The SMILES string of the molecule is O=C(O)C(F)(F)F.O=C1C[C@@H]2[C@H](CCN2Cc2ccsc2)N1c1ccsc1. The Balaban J connectivity index is 0.000000260. The van der Waals surface area contributed by atoms with Crippen LogP contribution in [0.2, 0.25) is 0 Å². The molecule has 27 heavy (non-hydrogen) atoms.